The number of rotatable bonds is 6. The summed E-state index contributed by atoms with van der Waals surface area (Å²) >= 11 is 0. The van der Waals surface area contributed by atoms with Gasteiger partial charge < -0.3 is 14.8 Å². The summed E-state index contributed by atoms with van der Waals surface area (Å²) in [4.78, 5) is 0.309. The molecule has 0 aromatic heterocycles. The number of benzene rings is 1. The van der Waals surface area contributed by atoms with Crippen LogP contribution in [0.5, 0.6) is 11.5 Å². The lowest BCUT2D eigenvalue weighted by atomic mass is 10.2. The monoisotopic (exact) mass is 313 g/mol. The third kappa shape index (κ3) is 4.35. The van der Waals surface area contributed by atoms with Crippen molar-refractivity contribution in [3.8, 4) is 11.5 Å². The van der Waals surface area contributed by atoms with Gasteiger partial charge in [0.05, 0.1) is 23.9 Å². The summed E-state index contributed by atoms with van der Waals surface area (Å²) < 4.78 is 35.8. The molecule has 118 valence electrons. The van der Waals surface area contributed by atoms with Crippen LogP contribution >= 0.6 is 0 Å². The molecule has 1 heterocycles. The van der Waals surface area contributed by atoms with Crippen LogP contribution in [-0.4, -0.2) is 40.5 Å². The lowest BCUT2D eigenvalue weighted by molar-refractivity contribution is 0.297. The molecule has 0 amide bonds. The number of nitrogens with one attached hydrogen (secondary N) is 1. The van der Waals surface area contributed by atoms with Gasteiger partial charge in [-0.1, -0.05) is 0 Å². The highest BCUT2D eigenvalue weighted by atomic mass is 32.2. The number of hydrogen-bond acceptors (Lipinski definition) is 5. The molecule has 0 saturated heterocycles. The average molecular weight is 313 g/mol. The molecule has 1 N–H and O–H groups in total. The van der Waals surface area contributed by atoms with E-state index in [1.54, 1.807) is 18.2 Å². The highest BCUT2D eigenvalue weighted by Gasteiger charge is 2.19. The Labute approximate surface area is 126 Å². The van der Waals surface area contributed by atoms with Crippen LogP contribution in [-0.2, 0) is 9.84 Å². The summed E-state index contributed by atoms with van der Waals surface area (Å²) in [7, 11) is -1.39. The molecule has 0 fully saturated rings. The largest absolute Gasteiger partial charge is 0.490 e. The number of sulfone groups is 1. The van der Waals surface area contributed by atoms with Gasteiger partial charge in [0.2, 0.25) is 0 Å². The molecule has 1 atom stereocenters. The Bertz CT molecular complexity index is 571. The average Bonchev–Trinajstić information content (AvgIpc) is 2.71. The van der Waals surface area contributed by atoms with E-state index in [1.807, 2.05) is 14.0 Å². The Morgan fingerprint density at radius 2 is 1.95 bits per heavy atom. The zero-order chi connectivity index (χ0) is 15.3. The molecule has 1 aliphatic heterocycles. The summed E-state index contributed by atoms with van der Waals surface area (Å²) in [5.74, 6) is 1.30. The van der Waals surface area contributed by atoms with Crippen molar-refractivity contribution in [2.45, 2.75) is 37.1 Å². The minimum Gasteiger partial charge on any atom is -0.490 e. The van der Waals surface area contributed by atoms with Gasteiger partial charge in [0.1, 0.15) is 0 Å². The van der Waals surface area contributed by atoms with Gasteiger partial charge in [-0.3, -0.25) is 0 Å². The first-order chi connectivity index (χ1) is 10.0. The predicted molar refractivity (Wildman–Crippen MR) is 81.9 cm³/mol. The van der Waals surface area contributed by atoms with E-state index in [-0.39, 0.29) is 5.75 Å². The van der Waals surface area contributed by atoms with Crippen LogP contribution in [0.4, 0.5) is 0 Å². The summed E-state index contributed by atoms with van der Waals surface area (Å²) in [5, 5.41) is 3.11. The highest BCUT2D eigenvalue weighted by Crippen LogP contribution is 2.32. The third-order valence-electron chi connectivity index (χ3n) is 3.62. The Morgan fingerprint density at radius 1 is 1.24 bits per heavy atom. The smallest absolute Gasteiger partial charge is 0.178 e. The third-order valence-corrected chi connectivity index (χ3v) is 5.42. The van der Waals surface area contributed by atoms with Crippen LogP contribution in [0.15, 0.2) is 23.1 Å². The van der Waals surface area contributed by atoms with E-state index in [0.29, 0.717) is 42.1 Å². The van der Waals surface area contributed by atoms with E-state index in [9.17, 15) is 8.42 Å². The first kappa shape index (κ1) is 16.1. The van der Waals surface area contributed by atoms with E-state index in [4.69, 9.17) is 9.47 Å². The molecular formula is C15H23NO4S. The molecular weight excluding hydrogens is 290 g/mol. The van der Waals surface area contributed by atoms with E-state index in [1.165, 1.54) is 0 Å². The van der Waals surface area contributed by atoms with Crippen molar-refractivity contribution in [2.24, 2.45) is 0 Å². The molecule has 5 nitrogen and oxygen atoms in total. The molecule has 1 aromatic rings. The molecule has 21 heavy (non-hydrogen) atoms. The minimum absolute atomic E-state index is 0.151. The molecule has 1 aliphatic rings. The number of fused-ring (bicyclic) bond motifs is 1. The second-order valence-electron chi connectivity index (χ2n) is 5.31. The summed E-state index contributed by atoms with van der Waals surface area (Å²) in [5.41, 5.74) is 0. The predicted octanol–water partition coefficient (Wildman–Crippen LogP) is 2.01. The molecule has 0 aliphatic carbocycles. The van der Waals surface area contributed by atoms with Crippen LogP contribution < -0.4 is 14.8 Å². The summed E-state index contributed by atoms with van der Waals surface area (Å²) in [6.07, 6.45) is 2.28. The van der Waals surface area contributed by atoms with Gasteiger partial charge in [0.15, 0.2) is 21.3 Å². The second-order valence-corrected chi connectivity index (χ2v) is 7.42. The zero-order valence-electron chi connectivity index (χ0n) is 12.6. The standard InChI is InChI=1S/C15H23NO4S/c1-12(16-2)5-3-10-21(17,18)13-6-7-14-15(11-13)20-9-4-8-19-14/h6-7,11-12,16H,3-5,8-10H2,1-2H3. The van der Waals surface area contributed by atoms with Gasteiger partial charge in [0, 0.05) is 18.5 Å². The van der Waals surface area contributed by atoms with Crippen molar-refractivity contribution >= 4 is 9.84 Å². The lowest BCUT2D eigenvalue weighted by Gasteiger charge is -2.11. The van der Waals surface area contributed by atoms with E-state index in [0.717, 1.165) is 12.8 Å². The molecule has 6 heteroatoms. The summed E-state index contributed by atoms with van der Waals surface area (Å²) in [6.45, 7) is 3.19. The van der Waals surface area contributed by atoms with Gasteiger partial charge in [-0.15, -0.1) is 0 Å². The van der Waals surface area contributed by atoms with Gasteiger partial charge >= 0.3 is 0 Å². The van der Waals surface area contributed by atoms with Crippen LogP contribution in [0, 0.1) is 0 Å². The molecule has 1 aromatic carbocycles. The van der Waals surface area contributed by atoms with Crippen LogP contribution in [0.1, 0.15) is 26.2 Å². The van der Waals surface area contributed by atoms with Crippen molar-refractivity contribution in [3.05, 3.63) is 18.2 Å². The maximum Gasteiger partial charge on any atom is 0.178 e. The van der Waals surface area contributed by atoms with Crippen LogP contribution in [0.3, 0.4) is 0 Å². The Kier molecular flexibility index (Phi) is 5.47. The van der Waals surface area contributed by atoms with Crippen LogP contribution in [0.2, 0.25) is 0 Å². The summed E-state index contributed by atoms with van der Waals surface area (Å²) in [6, 6.07) is 5.19. The molecule has 0 saturated carbocycles. The molecule has 0 bridgehead atoms. The molecule has 0 spiro atoms. The quantitative estimate of drug-likeness (QED) is 0.870. The normalized spacial score (nSPS) is 16.3. The highest BCUT2D eigenvalue weighted by molar-refractivity contribution is 7.91. The van der Waals surface area contributed by atoms with Crippen molar-refractivity contribution in [1.82, 2.24) is 5.32 Å². The van der Waals surface area contributed by atoms with Gasteiger partial charge in [-0.2, -0.15) is 0 Å². The van der Waals surface area contributed by atoms with Gasteiger partial charge in [0.25, 0.3) is 0 Å². The fourth-order valence-electron chi connectivity index (χ4n) is 2.18. The maximum absolute atomic E-state index is 12.4. The lowest BCUT2D eigenvalue weighted by Crippen LogP contribution is -2.22. The van der Waals surface area contributed by atoms with Crippen LogP contribution in [0.25, 0.3) is 0 Å². The van der Waals surface area contributed by atoms with Crippen molar-refractivity contribution in [1.29, 1.82) is 0 Å². The van der Waals surface area contributed by atoms with E-state index in [2.05, 4.69) is 5.32 Å². The van der Waals surface area contributed by atoms with Gasteiger partial charge in [-0.25, -0.2) is 8.42 Å². The van der Waals surface area contributed by atoms with Crippen molar-refractivity contribution < 1.29 is 17.9 Å². The second kappa shape index (κ2) is 7.13. The SMILES string of the molecule is CNC(C)CCCS(=O)(=O)c1ccc2c(c1)OCCCO2. The molecule has 0 radical (unpaired) electrons. The Morgan fingerprint density at radius 3 is 2.67 bits per heavy atom. The van der Waals surface area contributed by atoms with E-state index < -0.39 is 9.84 Å². The Hall–Kier alpha value is -1.27. The zero-order valence-corrected chi connectivity index (χ0v) is 13.4. The molecule has 2 rings (SSSR count). The first-order valence-corrected chi connectivity index (χ1v) is 8.98. The maximum atomic E-state index is 12.4. The fourth-order valence-corrected chi connectivity index (χ4v) is 3.52. The topological polar surface area (TPSA) is 64.6 Å². The van der Waals surface area contributed by atoms with Gasteiger partial charge in [-0.05, 0) is 38.9 Å². The van der Waals surface area contributed by atoms with Crippen molar-refractivity contribution in [2.75, 3.05) is 26.0 Å². The van der Waals surface area contributed by atoms with Crippen molar-refractivity contribution in [3.63, 3.8) is 0 Å². The fraction of sp³-hybridized carbons (Fsp3) is 0.600. The number of ether oxygens (including phenoxy) is 2. The Balaban J connectivity index is 2.07. The molecule has 1 unspecified atom stereocenters. The minimum atomic E-state index is -3.27. The first-order valence-electron chi connectivity index (χ1n) is 7.32. The van der Waals surface area contributed by atoms with E-state index >= 15 is 0 Å². The number of hydrogen-bond donors (Lipinski definition) is 1.